The average Bonchev–Trinajstić information content (AvgIpc) is 2.77. The minimum absolute atomic E-state index is 0.817. The van der Waals surface area contributed by atoms with Crippen LogP contribution >= 0.6 is 0 Å². The van der Waals surface area contributed by atoms with Gasteiger partial charge in [-0.1, -0.05) is 66.7 Å². The van der Waals surface area contributed by atoms with Crippen molar-refractivity contribution >= 4 is 54.5 Å². The summed E-state index contributed by atoms with van der Waals surface area (Å²) < 4.78 is 0. The van der Waals surface area contributed by atoms with Gasteiger partial charge in [0.15, 0.2) is 0 Å². The molecule has 2 heteroatoms. The van der Waals surface area contributed by atoms with E-state index in [4.69, 9.17) is 11.5 Å². The number of anilines is 2. The molecule has 4 N–H and O–H groups in total. The van der Waals surface area contributed by atoms with E-state index >= 15 is 0 Å². The molecule has 144 valence electrons. The van der Waals surface area contributed by atoms with Gasteiger partial charge in [-0.2, -0.15) is 0 Å². The lowest BCUT2D eigenvalue weighted by Crippen LogP contribution is -1.86. The maximum absolute atomic E-state index is 5.95. The Morgan fingerprint density at radius 3 is 1.53 bits per heavy atom. The summed E-state index contributed by atoms with van der Waals surface area (Å²) in [5.74, 6) is 0. The SMILES string of the molecule is Nc1ccc2cc3ccccc3cc2c1.Nc1cccc2cc3ccccc3cc12. The van der Waals surface area contributed by atoms with E-state index in [1.54, 1.807) is 0 Å². The molecule has 0 atom stereocenters. The van der Waals surface area contributed by atoms with Crippen LogP contribution in [0.25, 0.3) is 43.1 Å². The van der Waals surface area contributed by atoms with Crippen LogP contribution in [0.1, 0.15) is 0 Å². The molecule has 0 heterocycles. The van der Waals surface area contributed by atoms with E-state index < -0.39 is 0 Å². The third kappa shape index (κ3) is 3.40. The molecule has 30 heavy (non-hydrogen) atoms. The average molecular weight is 386 g/mol. The molecule has 6 rings (SSSR count). The van der Waals surface area contributed by atoms with E-state index in [1.807, 2.05) is 30.3 Å². The van der Waals surface area contributed by atoms with Crippen LogP contribution < -0.4 is 11.5 Å². The summed E-state index contributed by atoms with van der Waals surface area (Å²) in [5.41, 5.74) is 13.4. The van der Waals surface area contributed by atoms with Crippen LogP contribution in [-0.4, -0.2) is 0 Å². The molecule has 0 aliphatic rings. The molecule has 0 bridgehead atoms. The van der Waals surface area contributed by atoms with Gasteiger partial charge < -0.3 is 11.5 Å². The zero-order valence-electron chi connectivity index (χ0n) is 16.5. The number of rotatable bonds is 0. The van der Waals surface area contributed by atoms with Gasteiger partial charge in [-0.3, -0.25) is 0 Å². The highest BCUT2D eigenvalue weighted by Crippen LogP contribution is 2.26. The Balaban J connectivity index is 0.000000128. The Labute approximate surface area is 175 Å². The molecule has 0 aromatic heterocycles. The standard InChI is InChI=1S/2C14H11N/c15-14-7-3-6-12-8-10-4-1-2-5-11(10)9-13(12)14;15-14-6-5-12-7-10-3-1-2-4-11(10)8-13(12)9-14/h2*1-9H,15H2. The third-order valence-electron chi connectivity index (χ3n) is 5.51. The topological polar surface area (TPSA) is 52.0 Å². The second-order valence-corrected chi connectivity index (χ2v) is 7.57. The van der Waals surface area contributed by atoms with Gasteiger partial charge in [-0.15, -0.1) is 0 Å². The smallest absolute Gasteiger partial charge is 0.0393 e. The number of hydrogen-bond acceptors (Lipinski definition) is 2. The number of nitrogen functional groups attached to an aromatic ring is 2. The van der Waals surface area contributed by atoms with Crippen molar-refractivity contribution in [2.75, 3.05) is 11.5 Å². The fourth-order valence-electron chi connectivity index (χ4n) is 3.95. The Morgan fingerprint density at radius 2 is 0.867 bits per heavy atom. The summed E-state index contributed by atoms with van der Waals surface area (Å²) in [4.78, 5) is 0. The number of nitrogens with two attached hydrogens (primary N) is 2. The highest BCUT2D eigenvalue weighted by atomic mass is 14.5. The zero-order valence-corrected chi connectivity index (χ0v) is 16.5. The second kappa shape index (κ2) is 7.41. The molecule has 6 aromatic rings. The molecule has 0 amide bonds. The van der Waals surface area contributed by atoms with Crippen molar-refractivity contribution in [2.24, 2.45) is 0 Å². The van der Waals surface area contributed by atoms with Gasteiger partial charge in [0.2, 0.25) is 0 Å². The van der Waals surface area contributed by atoms with Crippen LogP contribution in [0.3, 0.4) is 0 Å². The van der Waals surface area contributed by atoms with Crippen molar-refractivity contribution < 1.29 is 0 Å². The highest BCUT2D eigenvalue weighted by Gasteiger charge is 2.00. The van der Waals surface area contributed by atoms with Crippen LogP contribution in [0, 0.1) is 0 Å². The van der Waals surface area contributed by atoms with Gasteiger partial charge in [0, 0.05) is 16.8 Å². The molecule has 0 fully saturated rings. The first-order valence-corrected chi connectivity index (χ1v) is 10.0. The Morgan fingerprint density at radius 1 is 0.367 bits per heavy atom. The van der Waals surface area contributed by atoms with Gasteiger partial charge in [-0.05, 0) is 80.2 Å². The molecule has 0 aliphatic heterocycles. The van der Waals surface area contributed by atoms with Gasteiger partial charge in [0.1, 0.15) is 0 Å². The summed E-state index contributed by atoms with van der Waals surface area (Å²) >= 11 is 0. The Bertz CT molecular complexity index is 1500. The number of fused-ring (bicyclic) bond motifs is 4. The van der Waals surface area contributed by atoms with Gasteiger partial charge in [0.25, 0.3) is 0 Å². The lowest BCUT2D eigenvalue weighted by molar-refractivity contribution is 1.74. The molecule has 0 spiro atoms. The molecule has 0 unspecified atom stereocenters. The van der Waals surface area contributed by atoms with Crippen LogP contribution in [0.4, 0.5) is 11.4 Å². The quantitative estimate of drug-likeness (QED) is 0.215. The predicted octanol–water partition coefficient (Wildman–Crippen LogP) is 7.15. The van der Waals surface area contributed by atoms with Crippen LogP contribution in [0.2, 0.25) is 0 Å². The first-order valence-electron chi connectivity index (χ1n) is 10.0. The van der Waals surface area contributed by atoms with Crippen molar-refractivity contribution in [1.82, 2.24) is 0 Å². The van der Waals surface area contributed by atoms with E-state index in [1.165, 1.54) is 37.7 Å². The highest BCUT2D eigenvalue weighted by molar-refractivity contribution is 6.03. The van der Waals surface area contributed by atoms with E-state index in [0.29, 0.717) is 0 Å². The van der Waals surface area contributed by atoms with Crippen molar-refractivity contribution in [3.05, 3.63) is 109 Å². The molecular formula is C28H22N2. The summed E-state index contributed by atoms with van der Waals surface area (Å²) in [6.45, 7) is 0. The van der Waals surface area contributed by atoms with Crippen LogP contribution in [0.5, 0.6) is 0 Å². The molecule has 2 nitrogen and oxygen atoms in total. The summed E-state index contributed by atoms with van der Waals surface area (Å²) in [5, 5.41) is 9.81. The normalized spacial score (nSPS) is 10.9. The Hall–Kier alpha value is -4.04. The molecular weight excluding hydrogens is 364 g/mol. The molecule has 6 aromatic carbocycles. The molecule has 0 radical (unpaired) electrons. The summed E-state index contributed by atoms with van der Waals surface area (Å²) in [6.07, 6.45) is 0. The van der Waals surface area contributed by atoms with Crippen molar-refractivity contribution in [3.8, 4) is 0 Å². The number of benzene rings is 6. The molecule has 0 saturated carbocycles. The van der Waals surface area contributed by atoms with Gasteiger partial charge in [0.05, 0.1) is 0 Å². The third-order valence-corrected chi connectivity index (χ3v) is 5.51. The Kier molecular flexibility index (Phi) is 4.45. The minimum atomic E-state index is 0.817. The minimum Gasteiger partial charge on any atom is -0.399 e. The summed E-state index contributed by atoms with van der Waals surface area (Å²) in [7, 11) is 0. The second-order valence-electron chi connectivity index (χ2n) is 7.57. The van der Waals surface area contributed by atoms with Crippen molar-refractivity contribution in [3.63, 3.8) is 0 Å². The maximum Gasteiger partial charge on any atom is 0.0393 e. The van der Waals surface area contributed by atoms with Gasteiger partial charge >= 0.3 is 0 Å². The van der Waals surface area contributed by atoms with E-state index in [0.717, 1.165) is 16.8 Å². The fraction of sp³-hybridized carbons (Fsp3) is 0. The summed E-state index contributed by atoms with van der Waals surface area (Å²) in [6, 6.07) is 37.5. The largest absolute Gasteiger partial charge is 0.399 e. The van der Waals surface area contributed by atoms with Crippen molar-refractivity contribution in [1.29, 1.82) is 0 Å². The molecule has 0 saturated heterocycles. The van der Waals surface area contributed by atoms with Crippen molar-refractivity contribution in [2.45, 2.75) is 0 Å². The monoisotopic (exact) mass is 386 g/mol. The van der Waals surface area contributed by atoms with Crippen LogP contribution in [0.15, 0.2) is 109 Å². The zero-order chi connectivity index (χ0) is 20.5. The lowest BCUT2D eigenvalue weighted by atomic mass is 10.0. The van der Waals surface area contributed by atoms with E-state index in [9.17, 15) is 0 Å². The lowest BCUT2D eigenvalue weighted by Gasteiger charge is -2.04. The molecule has 0 aliphatic carbocycles. The predicted molar refractivity (Wildman–Crippen MR) is 132 cm³/mol. The fourth-order valence-corrected chi connectivity index (χ4v) is 3.95. The first kappa shape index (κ1) is 18.0. The van der Waals surface area contributed by atoms with Gasteiger partial charge in [-0.25, -0.2) is 0 Å². The first-order chi connectivity index (χ1) is 14.7. The van der Waals surface area contributed by atoms with E-state index in [2.05, 4.69) is 78.9 Å². The maximum atomic E-state index is 5.95. The van der Waals surface area contributed by atoms with E-state index in [-0.39, 0.29) is 0 Å². The van der Waals surface area contributed by atoms with Crippen LogP contribution in [-0.2, 0) is 0 Å². The number of hydrogen-bond donors (Lipinski definition) is 2.